The first kappa shape index (κ1) is 28.9. The monoisotopic (exact) mass is 568 g/mol. The van der Waals surface area contributed by atoms with Crippen LogP contribution in [-0.4, -0.2) is 64.6 Å². The molecule has 2 saturated carbocycles. The summed E-state index contributed by atoms with van der Waals surface area (Å²) >= 11 is 0. The average Bonchev–Trinajstić information content (AvgIpc) is 3.78. The predicted octanol–water partition coefficient (Wildman–Crippen LogP) is 6.20. The molecule has 1 amide bonds. The van der Waals surface area contributed by atoms with Crippen molar-refractivity contribution in [1.82, 2.24) is 9.80 Å². The van der Waals surface area contributed by atoms with E-state index in [0.29, 0.717) is 43.2 Å². The third kappa shape index (κ3) is 5.71. The first-order valence-electron chi connectivity index (χ1n) is 15.7. The fraction of sp³-hybridized carbons (Fsp3) is 0.500. The van der Waals surface area contributed by atoms with Gasteiger partial charge in [0.2, 0.25) is 0 Å². The highest BCUT2D eigenvalue weighted by Crippen LogP contribution is 2.53. The molecule has 1 aliphatic heterocycles. The maximum atomic E-state index is 14.3. The van der Waals surface area contributed by atoms with Gasteiger partial charge in [0.25, 0.3) is 5.91 Å². The van der Waals surface area contributed by atoms with E-state index in [0.717, 1.165) is 48.2 Å². The van der Waals surface area contributed by atoms with Crippen LogP contribution in [0.1, 0.15) is 75.2 Å². The van der Waals surface area contributed by atoms with Crippen molar-refractivity contribution in [2.45, 2.75) is 76.4 Å². The van der Waals surface area contributed by atoms with Crippen molar-refractivity contribution in [3.05, 3.63) is 77.9 Å². The van der Waals surface area contributed by atoms with E-state index in [-0.39, 0.29) is 17.9 Å². The number of aliphatic hydroxyl groups is 1. The summed E-state index contributed by atoms with van der Waals surface area (Å²) in [5.41, 5.74) is 0.231. The molecule has 1 saturated heterocycles. The number of hydrogen-bond acceptors (Lipinski definition) is 5. The summed E-state index contributed by atoms with van der Waals surface area (Å²) in [5.74, 6) is 1.26. The molecule has 2 aliphatic carbocycles. The second kappa shape index (κ2) is 11.5. The van der Waals surface area contributed by atoms with E-state index in [2.05, 4.69) is 41.8 Å². The molecule has 42 heavy (non-hydrogen) atoms. The van der Waals surface area contributed by atoms with E-state index in [9.17, 15) is 14.7 Å². The minimum Gasteiger partial charge on any atom is -0.427 e. The van der Waals surface area contributed by atoms with E-state index in [1.807, 2.05) is 42.5 Å². The molecule has 6 heteroatoms. The fourth-order valence-electron chi connectivity index (χ4n) is 7.62. The van der Waals surface area contributed by atoms with Crippen LogP contribution in [0.2, 0.25) is 0 Å². The Kier molecular flexibility index (Phi) is 7.88. The Morgan fingerprint density at radius 2 is 1.79 bits per heavy atom. The molecule has 3 aliphatic rings. The van der Waals surface area contributed by atoms with Gasteiger partial charge in [-0.15, -0.1) is 0 Å². The predicted molar refractivity (Wildman–Crippen MR) is 166 cm³/mol. The minimum atomic E-state index is -0.930. The van der Waals surface area contributed by atoms with Crippen molar-refractivity contribution in [2.24, 2.45) is 11.8 Å². The molecule has 3 aromatic rings. The quantitative estimate of drug-likeness (QED) is 0.259. The number of amides is 1. The van der Waals surface area contributed by atoms with Crippen molar-refractivity contribution in [2.75, 3.05) is 26.2 Å². The van der Waals surface area contributed by atoms with Crippen molar-refractivity contribution in [1.29, 1.82) is 0 Å². The van der Waals surface area contributed by atoms with Crippen LogP contribution in [0.15, 0.2) is 66.7 Å². The maximum absolute atomic E-state index is 14.3. The number of fused-ring (bicyclic) bond motifs is 2. The van der Waals surface area contributed by atoms with Crippen LogP contribution in [0.25, 0.3) is 10.8 Å². The second-order valence-corrected chi connectivity index (χ2v) is 13.5. The molecule has 3 fully saturated rings. The summed E-state index contributed by atoms with van der Waals surface area (Å²) in [6.45, 7) is 8.99. The van der Waals surface area contributed by atoms with Gasteiger partial charge in [0.1, 0.15) is 5.75 Å². The number of benzene rings is 3. The van der Waals surface area contributed by atoms with Crippen LogP contribution in [0, 0.1) is 11.8 Å². The Morgan fingerprint density at radius 3 is 2.52 bits per heavy atom. The molecule has 222 valence electrons. The topological polar surface area (TPSA) is 70.1 Å². The summed E-state index contributed by atoms with van der Waals surface area (Å²) in [6.07, 6.45) is 5.43. The van der Waals surface area contributed by atoms with Gasteiger partial charge in [0.15, 0.2) is 0 Å². The van der Waals surface area contributed by atoms with Crippen LogP contribution >= 0.6 is 0 Å². The smallest absolute Gasteiger partial charge is 0.308 e. The fourth-order valence-corrected chi connectivity index (χ4v) is 7.62. The number of likely N-dealkylation sites (tertiary alicyclic amines) is 1. The van der Waals surface area contributed by atoms with Crippen LogP contribution < -0.4 is 4.74 Å². The molecule has 0 unspecified atom stereocenters. The number of rotatable bonds is 8. The molecule has 6 nitrogen and oxygen atoms in total. The third-order valence-corrected chi connectivity index (χ3v) is 9.83. The third-order valence-electron chi connectivity index (χ3n) is 9.83. The number of ether oxygens (including phenoxy) is 1. The van der Waals surface area contributed by atoms with E-state index in [1.165, 1.54) is 19.8 Å². The van der Waals surface area contributed by atoms with Crippen LogP contribution in [-0.2, 0) is 10.2 Å². The van der Waals surface area contributed by atoms with Gasteiger partial charge in [-0.25, -0.2) is 0 Å². The van der Waals surface area contributed by atoms with Crippen LogP contribution in [0.5, 0.6) is 5.75 Å². The van der Waals surface area contributed by atoms with Gasteiger partial charge in [-0.3, -0.25) is 9.59 Å². The van der Waals surface area contributed by atoms with E-state index in [4.69, 9.17) is 4.74 Å². The lowest BCUT2D eigenvalue weighted by atomic mass is 9.55. The maximum Gasteiger partial charge on any atom is 0.308 e. The zero-order valence-electron chi connectivity index (χ0n) is 25.2. The van der Waals surface area contributed by atoms with Crippen LogP contribution in [0.4, 0.5) is 0 Å². The highest BCUT2D eigenvalue weighted by atomic mass is 16.5. The SMILES string of the molecule is CC(=O)Oc1cccc([C@@]23CCN(CC4CC4)C[C@@]2(O)CC[C@@H](N(CC(C)C)C(=O)c2ccc4ccccc4c2)C3)c1. The van der Waals surface area contributed by atoms with Gasteiger partial charge in [-0.1, -0.05) is 56.3 Å². The zero-order valence-corrected chi connectivity index (χ0v) is 25.2. The minimum absolute atomic E-state index is 0.0148. The number of hydrogen-bond donors (Lipinski definition) is 1. The first-order valence-corrected chi connectivity index (χ1v) is 15.7. The summed E-state index contributed by atoms with van der Waals surface area (Å²) in [7, 11) is 0. The normalized spacial score (nSPS) is 26.2. The largest absolute Gasteiger partial charge is 0.427 e. The van der Waals surface area contributed by atoms with Gasteiger partial charge in [-0.05, 0) is 97.5 Å². The van der Waals surface area contributed by atoms with Crippen molar-refractivity contribution in [3.8, 4) is 5.75 Å². The molecule has 0 aromatic heterocycles. The Hall–Kier alpha value is -3.22. The van der Waals surface area contributed by atoms with Gasteiger partial charge >= 0.3 is 5.97 Å². The number of piperidine rings is 1. The molecule has 1 heterocycles. The highest BCUT2D eigenvalue weighted by molar-refractivity contribution is 5.98. The highest BCUT2D eigenvalue weighted by Gasteiger charge is 2.58. The van der Waals surface area contributed by atoms with Crippen molar-refractivity contribution < 1.29 is 19.4 Å². The van der Waals surface area contributed by atoms with Crippen molar-refractivity contribution >= 4 is 22.6 Å². The molecule has 1 N–H and O–H groups in total. The van der Waals surface area contributed by atoms with Gasteiger partial charge in [0.05, 0.1) is 5.60 Å². The van der Waals surface area contributed by atoms with E-state index >= 15 is 0 Å². The lowest BCUT2D eigenvalue weighted by Crippen LogP contribution is -2.67. The summed E-state index contributed by atoms with van der Waals surface area (Å²) in [6, 6.07) is 21.9. The number of carbonyl (C=O) groups is 2. The first-order chi connectivity index (χ1) is 20.2. The standard InChI is InChI=1S/C36H44N2O4/c1-25(2)22-38(34(40)30-14-13-28-7-4-5-8-29(28)19-30)32-15-16-36(41)24-37(23-27-11-12-27)18-17-35(36,21-32)31-9-6-10-33(20-31)42-26(3)39/h4-10,13-14,19-20,25,27,32,41H,11-12,15-18,21-24H2,1-3H3/t32-,35+,36+/m1/s1. The molecule has 0 radical (unpaired) electrons. The molecule has 0 spiro atoms. The number of nitrogens with zero attached hydrogens (tertiary/aromatic N) is 2. The Labute approximate surface area is 249 Å². The molecule has 3 atom stereocenters. The number of esters is 1. The number of β-amino-alcohol motifs (C(OH)–C–C–N with tert-alkyl or cyclic N) is 1. The van der Waals surface area contributed by atoms with E-state index in [1.54, 1.807) is 6.07 Å². The van der Waals surface area contributed by atoms with Crippen molar-refractivity contribution in [3.63, 3.8) is 0 Å². The summed E-state index contributed by atoms with van der Waals surface area (Å²) in [4.78, 5) is 30.6. The molecule has 3 aromatic carbocycles. The summed E-state index contributed by atoms with van der Waals surface area (Å²) < 4.78 is 5.50. The van der Waals surface area contributed by atoms with Gasteiger partial charge in [-0.2, -0.15) is 0 Å². The number of carbonyl (C=O) groups excluding carboxylic acids is 2. The zero-order chi connectivity index (χ0) is 29.5. The second-order valence-electron chi connectivity index (χ2n) is 13.5. The Morgan fingerprint density at radius 1 is 1.00 bits per heavy atom. The van der Waals surface area contributed by atoms with Gasteiger partial charge < -0.3 is 19.6 Å². The Bertz CT molecular complexity index is 1470. The molecular formula is C36H44N2O4. The Balaban J connectivity index is 1.36. The van der Waals surface area contributed by atoms with Crippen LogP contribution in [0.3, 0.4) is 0 Å². The lowest BCUT2D eigenvalue weighted by Gasteiger charge is -2.59. The van der Waals surface area contributed by atoms with Gasteiger partial charge in [0, 0.05) is 43.6 Å². The lowest BCUT2D eigenvalue weighted by molar-refractivity contribution is -0.134. The summed E-state index contributed by atoms with van der Waals surface area (Å²) in [5, 5.41) is 14.8. The van der Waals surface area contributed by atoms with E-state index < -0.39 is 11.0 Å². The molecular weight excluding hydrogens is 524 g/mol. The molecule has 6 rings (SSSR count). The molecule has 0 bridgehead atoms. The average molecular weight is 569 g/mol.